The van der Waals surface area contributed by atoms with Gasteiger partial charge in [0.2, 0.25) is 10.0 Å². The Hall–Kier alpha value is -1.35. The molecule has 7 nitrogen and oxygen atoms in total. The molecule has 0 aliphatic rings. The lowest BCUT2D eigenvalue weighted by Gasteiger charge is -2.13. The van der Waals surface area contributed by atoms with Crippen LogP contribution >= 0.6 is 12.4 Å². The Morgan fingerprint density at radius 1 is 1.40 bits per heavy atom. The number of anilines is 2. The van der Waals surface area contributed by atoms with Gasteiger partial charge in [-0.1, -0.05) is 6.07 Å². The van der Waals surface area contributed by atoms with Gasteiger partial charge in [-0.3, -0.25) is 9.52 Å². The Labute approximate surface area is 124 Å². The van der Waals surface area contributed by atoms with E-state index in [0.29, 0.717) is 11.4 Å². The number of benzene rings is 1. The summed E-state index contributed by atoms with van der Waals surface area (Å²) in [5.41, 5.74) is 6.19. The number of carbonyl (C=O) groups is 1. The van der Waals surface area contributed by atoms with E-state index in [-0.39, 0.29) is 24.9 Å². The normalized spacial score (nSPS) is 12.2. The average Bonchev–Trinajstić information content (AvgIpc) is 2.28. The van der Waals surface area contributed by atoms with Gasteiger partial charge in [0.05, 0.1) is 11.9 Å². The van der Waals surface area contributed by atoms with Gasteiger partial charge in [-0.15, -0.1) is 12.4 Å². The van der Waals surface area contributed by atoms with E-state index in [4.69, 9.17) is 10.5 Å². The zero-order chi connectivity index (χ0) is 14.5. The number of carbonyl (C=O) groups excluding carboxylic acids is 1. The molecule has 0 aliphatic carbocycles. The highest BCUT2D eigenvalue weighted by molar-refractivity contribution is 7.92. The van der Waals surface area contributed by atoms with E-state index in [1.54, 1.807) is 18.2 Å². The SMILES string of the molecule is COC(CN)C(=O)Nc1cccc(NS(C)(=O)=O)c1.Cl. The highest BCUT2D eigenvalue weighted by atomic mass is 35.5. The number of sulfonamides is 1. The Morgan fingerprint density at radius 2 is 2.00 bits per heavy atom. The maximum atomic E-state index is 11.7. The largest absolute Gasteiger partial charge is 0.370 e. The van der Waals surface area contributed by atoms with Gasteiger partial charge in [-0.25, -0.2) is 8.42 Å². The molecule has 0 saturated carbocycles. The summed E-state index contributed by atoms with van der Waals surface area (Å²) >= 11 is 0. The van der Waals surface area contributed by atoms with Crippen LogP contribution in [0.5, 0.6) is 0 Å². The van der Waals surface area contributed by atoms with Crippen LogP contribution in [0, 0.1) is 0 Å². The van der Waals surface area contributed by atoms with Crippen LogP contribution in [0.25, 0.3) is 0 Å². The minimum absolute atomic E-state index is 0. The van der Waals surface area contributed by atoms with Crippen molar-refractivity contribution in [3.8, 4) is 0 Å². The molecule has 0 aromatic heterocycles. The highest BCUT2D eigenvalue weighted by Gasteiger charge is 2.15. The number of amides is 1. The Bertz CT molecular complexity index is 546. The minimum atomic E-state index is -3.36. The molecular weight excluding hydrogens is 306 g/mol. The molecule has 0 bridgehead atoms. The van der Waals surface area contributed by atoms with E-state index in [9.17, 15) is 13.2 Å². The summed E-state index contributed by atoms with van der Waals surface area (Å²) in [4.78, 5) is 11.7. The summed E-state index contributed by atoms with van der Waals surface area (Å²) in [5.74, 6) is -0.387. The maximum Gasteiger partial charge on any atom is 0.254 e. The number of hydrogen-bond donors (Lipinski definition) is 3. The number of nitrogens with two attached hydrogens (primary N) is 1. The second-order valence-electron chi connectivity index (χ2n) is 3.90. The quantitative estimate of drug-likeness (QED) is 0.701. The summed E-state index contributed by atoms with van der Waals surface area (Å²) in [6.07, 6.45) is 0.305. The van der Waals surface area contributed by atoms with Crippen molar-refractivity contribution in [3.63, 3.8) is 0 Å². The molecule has 0 aliphatic heterocycles. The Kier molecular flexibility index (Phi) is 7.51. The smallest absolute Gasteiger partial charge is 0.254 e. The van der Waals surface area contributed by atoms with Crippen LogP contribution in [-0.2, 0) is 19.6 Å². The first-order chi connectivity index (χ1) is 8.85. The van der Waals surface area contributed by atoms with E-state index in [0.717, 1.165) is 6.26 Å². The molecule has 0 fully saturated rings. The minimum Gasteiger partial charge on any atom is -0.370 e. The van der Waals surface area contributed by atoms with Crippen molar-refractivity contribution in [3.05, 3.63) is 24.3 Å². The van der Waals surface area contributed by atoms with Crippen LogP contribution in [-0.4, -0.2) is 40.3 Å². The second-order valence-corrected chi connectivity index (χ2v) is 5.65. The molecule has 1 atom stereocenters. The predicted molar refractivity (Wildman–Crippen MR) is 80.6 cm³/mol. The molecule has 0 radical (unpaired) electrons. The Balaban J connectivity index is 0.00000361. The first-order valence-electron chi connectivity index (χ1n) is 5.47. The van der Waals surface area contributed by atoms with E-state index >= 15 is 0 Å². The second kappa shape index (κ2) is 8.05. The maximum absolute atomic E-state index is 11.7. The highest BCUT2D eigenvalue weighted by Crippen LogP contribution is 2.16. The third-order valence-electron chi connectivity index (χ3n) is 2.22. The number of rotatable bonds is 6. The van der Waals surface area contributed by atoms with Crippen LogP contribution in [0.1, 0.15) is 0 Å². The average molecular weight is 324 g/mol. The van der Waals surface area contributed by atoms with Crippen LogP contribution in [0.3, 0.4) is 0 Å². The van der Waals surface area contributed by atoms with Gasteiger partial charge in [-0.2, -0.15) is 0 Å². The van der Waals surface area contributed by atoms with Gasteiger partial charge in [0.25, 0.3) is 5.91 Å². The van der Waals surface area contributed by atoms with E-state index < -0.39 is 16.1 Å². The summed E-state index contributed by atoms with van der Waals surface area (Å²) in [6.45, 7) is 0.0591. The number of methoxy groups -OCH3 is 1. The van der Waals surface area contributed by atoms with Crippen LogP contribution < -0.4 is 15.8 Å². The third-order valence-corrected chi connectivity index (χ3v) is 2.83. The molecule has 4 N–H and O–H groups in total. The topological polar surface area (TPSA) is 111 Å². The molecule has 1 aromatic rings. The lowest BCUT2D eigenvalue weighted by molar-refractivity contribution is -0.125. The molecular formula is C11H18ClN3O4S. The van der Waals surface area contributed by atoms with Crippen molar-refractivity contribution in [1.82, 2.24) is 0 Å². The van der Waals surface area contributed by atoms with Crippen LogP contribution in [0.4, 0.5) is 11.4 Å². The number of ether oxygens (including phenoxy) is 1. The molecule has 0 heterocycles. The third kappa shape index (κ3) is 6.20. The summed E-state index contributed by atoms with van der Waals surface area (Å²) in [7, 11) is -1.97. The van der Waals surface area contributed by atoms with Gasteiger partial charge < -0.3 is 15.8 Å². The van der Waals surface area contributed by atoms with Gasteiger partial charge in [0, 0.05) is 19.3 Å². The van der Waals surface area contributed by atoms with Crippen molar-refractivity contribution in [2.45, 2.75) is 6.10 Å². The van der Waals surface area contributed by atoms with Crippen molar-refractivity contribution < 1.29 is 17.9 Å². The fourth-order valence-corrected chi connectivity index (χ4v) is 1.96. The summed E-state index contributed by atoms with van der Waals surface area (Å²) in [5, 5.41) is 2.59. The first kappa shape index (κ1) is 18.7. The summed E-state index contributed by atoms with van der Waals surface area (Å²) in [6, 6.07) is 6.33. The zero-order valence-corrected chi connectivity index (χ0v) is 12.8. The fourth-order valence-electron chi connectivity index (χ4n) is 1.41. The monoisotopic (exact) mass is 323 g/mol. The van der Waals surface area contributed by atoms with Gasteiger partial charge >= 0.3 is 0 Å². The molecule has 1 unspecified atom stereocenters. The fraction of sp³-hybridized carbons (Fsp3) is 0.364. The Morgan fingerprint density at radius 3 is 2.50 bits per heavy atom. The number of halogens is 1. The molecule has 1 rings (SSSR count). The van der Waals surface area contributed by atoms with Gasteiger partial charge in [0.15, 0.2) is 0 Å². The number of hydrogen-bond acceptors (Lipinski definition) is 5. The number of nitrogens with one attached hydrogen (secondary N) is 2. The molecule has 20 heavy (non-hydrogen) atoms. The predicted octanol–water partition coefficient (Wildman–Crippen LogP) is 0.392. The van der Waals surface area contributed by atoms with E-state index in [2.05, 4.69) is 10.0 Å². The van der Waals surface area contributed by atoms with Crippen molar-refractivity contribution in [1.29, 1.82) is 0 Å². The molecule has 0 spiro atoms. The van der Waals surface area contributed by atoms with Gasteiger partial charge in [0.1, 0.15) is 6.10 Å². The molecule has 0 saturated heterocycles. The van der Waals surface area contributed by atoms with Crippen molar-refractivity contribution in [2.75, 3.05) is 29.9 Å². The van der Waals surface area contributed by atoms with Gasteiger partial charge in [-0.05, 0) is 18.2 Å². The zero-order valence-electron chi connectivity index (χ0n) is 11.1. The molecule has 1 amide bonds. The summed E-state index contributed by atoms with van der Waals surface area (Å²) < 4.78 is 29.4. The standard InChI is InChI=1S/C11H17N3O4S.ClH/c1-18-10(7-12)11(15)13-8-4-3-5-9(6-8)14-19(2,16)17;/h3-6,10,14H,7,12H2,1-2H3,(H,13,15);1H. The lowest BCUT2D eigenvalue weighted by atomic mass is 10.2. The van der Waals surface area contributed by atoms with Crippen molar-refractivity contribution >= 4 is 39.7 Å². The molecule has 1 aromatic carbocycles. The van der Waals surface area contributed by atoms with Crippen LogP contribution in [0.15, 0.2) is 24.3 Å². The first-order valence-corrected chi connectivity index (χ1v) is 7.36. The van der Waals surface area contributed by atoms with Crippen LogP contribution in [0.2, 0.25) is 0 Å². The van der Waals surface area contributed by atoms with E-state index in [1.165, 1.54) is 13.2 Å². The van der Waals surface area contributed by atoms with E-state index in [1.807, 2.05) is 0 Å². The molecule has 9 heteroatoms. The van der Waals surface area contributed by atoms with Crippen molar-refractivity contribution in [2.24, 2.45) is 5.73 Å². The molecule has 114 valence electrons. The lowest BCUT2D eigenvalue weighted by Crippen LogP contribution is -2.35.